The SMILES string of the molecule is Cc1ccc2nc([C@H](Cc3ccc(C4CC(=O)NS4(=O)=O)cc3)NS(=O)(=O)c3cccc(Oc4ccccc4)c3)[nH]c2c1. The normalized spacial score (nSPS) is 17.0. The van der Waals surface area contributed by atoms with E-state index < -0.39 is 37.2 Å². The number of aromatic amines is 1. The Kier molecular flexibility index (Phi) is 7.50. The molecule has 0 radical (unpaired) electrons. The molecule has 6 rings (SSSR count). The Hall–Kier alpha value is -4.52. The topological polar surface area (TPSA) is 147 Å². The van der Waals surface area contributed by atoms with E-state index in [9.17, 15) is 21.6 Å². The van der Waals surface area contributed by atoms with E-state index in [-0.39, 0.29) is 17.7 Å². The number of rotatable bonds is 9. The Morgan fingerprint density at radius 3 is 2.42 bits per heavy atom. The van der Waals surface area contributed by atoms with Crippen LogP contribution in [0.2, 0.25) is 0 Å². The van der Waals surface area contributed by atoms with Crippen LogP contribution in [0.1, 0.15) is 40.2 Å². The first-order valence-corrected chi connectivity index (χ1v) is 16.5. The summed E-state index contributed by atoms with van der Waals surface area (Å²) in [7, 11) is -7.83. The Bertz CT molecular complexity index is 2030. The number of hydrogen-bond donors (Lipinski definition) is 3. The Morgan fingerprint density at radius 2 is 1.70 bits per heavy atom. The predicted octanol–water partition coefficient (Wildman–Crippen LogP) is 4.82. The summed E-state index contributed by atoms with van der Waals surface area (Å²) in [6.07, 6.45) is 0.0721. The Morgan fingerprint density at radius 1 is 0.953 bits per heavy atom. The van der Waals surface area contributed by atoms with E-state index in [0.29, 0.717) is 28.4 Å². The van der Waals surface area contributed by atoms with E-state index >= 15 is 0 Å². The minimum atomic E-state index is -4.05. The molecule has 12 heteroatoms. The second-order valence-corrected chi connectivity index (χ2v) is 14.0. The molecule has 1 amide bonds. The molecule has 1 aromatic heterocycles. The molecule has 2 atom stereocenters. The molecule has 1 aliphatic rings. The number of carbonyl (C=O) groups is 1. The fourth-order valence-electron chi connectivity index (χ4n) is 5.04. The molecule has 10 nitrogen and oxygen atoms in total. The molecular weight excluding hydrogens is 588 g/mol. The van der Waals surface area contributed by atoms with E-state index in [1.807, 2.05) is 48.0 Å². The van der Waals surface area contributed by atoms with Crippen LogP contribution in [-0.2, 0) is 31.3 Å². The van der Waals surface area contributed by atoms with Crippen LogP contribution in [0.4, 0.5) is 0 Å². The van der Waals surface area contributed by atoms with Crippen LogP contribution in [0.25, 0.3) is 11.0 Å². The number of para-hydroxylation sites is 1. The van der Waals surface area contributed by atoms with Gasteiger partial charge in [0, 0.05) is 6.07 Å². The predicted molar refractivity (Wildman–Crippen MR) is 161 cm³/mol. The minimum Gasteiger partial charge on any atom is -0.457 e. The van der Waals surface area contributed by atoms with Crippen LogP contribution >= 0.6 is 0 Å². The lowest BCUT2D eigenvalue weighted by atomic mass is 10.0. The van der Waals surface area contributed by atoms with Crippen molar-refractivity contribution in [3.63, 3.8) is 0 Å². The number of nitrogens with zero attached hydrogens (tertiary/aromatic N) is 1. The van der Waals surface area contributed by atoms with Gasteiger partial charge < -0.3 is 9.72 Å². The smallest absolute Gasteiger partial charge is 0.242 e. The minimum absolute atomic E-state index is 0.0249. The third kappa shape index (κ3) is 6.31. The lowest BCUT2D eigenvalue weighted by Crippen LogP contribution is -2.31. The maximum absolute atomic E-state index is 13.7. The summed E-state index contributed by atoms with van der Waals surface area (Å²) in [6.45, 7) is 1.96. The zero-order chi connectivity index (χ0) is 30.2. The van der Waals surface area contributed by atoms with Gasteiger partial charge in [-0.15, -0.1) is 0 Å². The number of aryl methyl sites for hydroxylation is 1. The van der Waals surface area contributed by atoms with Crippen LogP contribution < -0.4 is 14.2 Å². The van der Waals surface area contributed by atoms with Gasteiger partial charge in [-0.25, -0.2) is 26.5 Å². The van der Waals surface area contributed by atoms with Gasteiger partial charge in [0.05, 0.1) is 28.4 Å². The number of benzene rings is 4. The van der Waals surface area contributed by atoms with Gasteiger partial charge in [0.1, 0.15) is 22.6 Å². The fourth-order valence-corrected chi connectivity index (χ4v) is 7.70. The molecule has 1 unspecified atom stereocenters. The first-order chi connectivity index (χ1) is 20.6. The number of imidazole rings is 1. The van der Waals surface area contributed by atoms with E-state index in [0.717, 1.165) is 16.6 Å². The molecule has 220 valence electrons. The molecule has 2 heterocycles. The maximum atomic E-state index is 13.7. The van der Waals surface area contributed by atoms with Gasteiger partial charge in [0.15, 0.2) is 0 Å². The van der Waals surface area contributed by atoms with Crippen molar-refractivity contribution in [1.82, 2.24) is 19.4 Å². The van der Waals surface area contributed by atoms with Crippen LogP contribution in [-0.4, -0.2) is 32.7 Å². The Labute approximate surface area is 249 Å². The highest BCUT2D eigenvalue weighted by Crippen LogP contribution is 2.31. The lowest BCUT2D eigenvalue weighted by Gasteiger charge is -2.18. The van der Waals surface area contributed by atoms with Crippen molar-refractivity contribution >= 4 is 37.0 Å². The van der Waals surface area contributed by atoms with Crippen molar-refractivity contribution in [3.8, 4) is 11.5 Å². The summed E-state index contributed by atoms with van der Waals surface area (Å²) in [4.78, 5) is 19.7. The summed E-state index contributed by atoms with van der Waals surface area (Å²) in [5, 5.41) is -0.965. The largest absolute Gasteiger partial charge is 0.457 e. The average molecular weight is 617 g/mol. The number of nitrogens with one attached hydrogen (secondary N) is 3. The van der Waals surface area contributed by atoms with Gasteiger partial charge in [0.2, 0.25) is 26.0 Å². The number of aromatic nitrogens is 2. The third-order valence-electron chi connectivity index (χ3n) is 7.17. The van der Waals surface area contributed by atoms with Crippen LogP contribution in [0.3, 0.4) is 0 Å². The van der Waals surface area contributed by atoms with Crippen molar-refractivity contribution < 1.29 is 26.4 Å². The summed E-state index contributed by atoms with van der Waals surface area (Å²) in [5.41, 5.74) is 3.72. The molecule has 5 aromatic rings. The number of sulfonamides is 2. The first kappa shape index (κ1) is 28.6. The fraction of sp³-hybridized carbons (Fsp3) is 0.161. The lowest BCUT2D eigenvalue weighted by molar-refractivity contribution is -0.118. The van der Waals surface area contributed by atoms with Gasteiger partial charge >= 0.3 is 0 Å². The van der Waals surface area contributed by atoms with Crippen molar-refractivity contribution in [1.29, 1.82) is 0 Å². The molecule has 4 aromatic carbocycles. The van der Waals surface area contributed by atoms with Crippen molar-refractivity contribution in [2.24, 2.45) is 0 Å². The molecule has 0 bridgehead atoms. The summed E-state index contributed by atoms with van der Waals surface area (Å²) < 4.78 is 62.7. The second kappa shape index (κ2) is 11.3. The maximum Gasteiger partial charge on any atom is 0.242 e. The van der Waals surface area contributed by atoms with E-state index in [1.165, 1.54) is 12.1 Å². The number of hydrogen-bond acceptors (Lipinski definition) is 7. The molecule has 43 heavy (non-hydrogen) atoms. The first-order valence-electron chi connectivity index (χ1n) is 13.5. The van der Waals surface area contributed by atoms with Gasteiger partial charge in [-0.05, 0) is 66.4 Å². The Balaban J connectivity index is 1.30. The molecule has 0 saturated carbocycles. The zero-order valence-corrected chi connectivity index (χ0v) is 24.7. The van der Waals surface area contributed by atoms with Crippen LogP contribution in [0, 0.1) is 6.92 Å². The number of H-pyrrole nitrogens is 1. The van der Waals surface area contributed by atoms with Crippen LogP contribution in [0.15, 0.2) is 102 Å². The molecule has 1 fully saturated rings. The van der Waals surface area contributed by atoms with E-state index in [1.54, 1.807) is 48.5 Å². The highest BCUT2D eigenvalue weighted by molar-refractivity contribution is 7.90. The molecule has 1 aliphatic heterocycles. The number of carbonyl (C=O) groups excluding carboxylic acids is 1. The summed E-state index contributed by atoms with van der Waals surface area (Å²) >= 11 is 0. The van der Waals surface area contributed by atoms with Crippen molar-refractivity contribution in [2.45, 2.75) is 36.0 Å². The number of amides is 1. The monoisotopic (exact) mass is 616 g/mol. The van der Waals surface area contributed by atoms with Gasteiger partial charge in [-0.3, -0.25) is 9.52 Å². The zero-order valence-electron chi connectivity index (χ0n) is 23.0. The van der Waals surface area contributed by atoms with E-state index in [4.69, 9.17) is 4.74 Å². The highest BCUT2D eigenvalue weighted by atomic mass is 32.2. The van der Waals surface area contributed by atoms with Gasteiger partial charge in [0.25, 0.3) is 0 Å². The second-order valence-electron chi connectivity index (χ2n) is 10.4. The standard InChI is InChI=1S/C31H28N4O6S2/c1-20-10-15-26-27(16-20)33-31(32-26)28(17-21-11-13-22(14-12-21)29-19-30(36)35-43(29,39)40)34-42(37,38)25-9-5-8-24(18-25)41-23-6-3-2-4-7-23/h2-16,18,28-29,34H,17,19H2,1H3,(H,32,33)(H,35,36)/t28-,29?/m0/s1. The molecule has 3 N–H and O–H groups in total. The molecule has 1 saturated heterocycles. The average Bonchev–Trinajstić information content (AvgIpc) is 3.52. The highest BCUT2D eigenvalue weighted by Gasteiger charge is 2.37. The number of ether oxygens (including phenoxy) is 1. The number of fused-ring (bicyclic) bond motifs is 1. The van der Waals surface area contributed by atoms with Gasteiger partial charge in [-0.2, -0.15) is 0 Å². The summed E-state index contributed by atoms with van der Waals surface area (Å²) in [5.74, 6) is 0.838. The third-order valence-corrected chi connectivity index (χ3v) is 10.3. The quantitative estimate of drug-likeness (QED) is 0.215. The van der Waals surface area contributed by atoms with Crippen molar-refractivity contribution in [2.75, 3.05) is 0 Å². The van der Waals surface area contributed by atoms with Gasteiger partial charge in [-0.1, -0.05) is 54.6 Å². The summed E-state index contributed by atoms with van der Waals surface area (Å²) in [6, 6.07) is 27.0. The van der Waals surface area contributed by atoms with Crippen LogP contribution in [0.5, 0.6) is 11.5 Å². The molecule has 0 spiro atoms. The van der Waals surface area contributed by atoms with E-state index in [2.05, 4.69) is 14.7 Å². The molecule has 0 aliphatic carbocycles. The molecular formula is C31H28N4O6S2. The van der Waals surface area contributed by atoms with Crippen molar-refractivity contribution in [3.05, 3.63) is 120 Å².